The van der Waals surface area contributed by atoms with Crippen LogP contribution in [0.25, 0.3) is 0 Å². The largest absolute Gasteiger partial charge is 0.756 e. The van der Waals surface area contributed by atoms with E-state index in [4.69, 9.17) is 9.05 Å². The van der Waals surface area contributed by atoms with Crippen molar-refractivity contribution in [2.75, 3.05) is 40.9 Å². The second-order valence-corrected chi connectivity index (χ2v) is 25.9. The third kappa shape index (κ3) is 67.9. The van der Waals surface area contributed by atoms with Gasteiger partial charge in [-0.2, -0.15) is 0 Å². The van der Waals surface area contributed by atoms with Crippen LogP contribution in [-0.4, -0.2) is 68.5 Å². The quantitative estimate of drug-likeness (QED) is 0.0272. The van der Waals surface area contributed by atoms with Crippen molar-refractivity contribution in [3.63, 3.8) is 0 Å². The molecule has 9 heteroatoms. The lowest BCUT2D eigenvalue weighted by Crippen LogP contribution is -2.45. The first-order chi connectivity index (χ1) is 42.0. The molecule has 0 aromatic heterocycles. The normalized spacial score (nSPS) is 14.5. The number of nitrogens with zero attached hydrogens (tertiary/aromatic N) is 1. The topological polar surface area (TPSA) is 108 Å². The van der Waals surface area contributed by atoms with E-state index in [9.17, 15) is 19.4 Å². The first-order valence-electron chi connectivity index (χ1n) is 35.2. The van der Waals surface area contributed by atoms with Gasteiger partial charge < -0.3 is 28.8 Å². The summed E-state index contributed by atoms with van der Waals surface area (Å²) in [6.07, 6.45) is 101. The van der Waals surface area contributed by atoms with Crippen LogP contribution in [0.15, 0.2) is 146 Å². The molecule has 2 N–H and O–H groups in total. The van der Waals surface area contributed by atoms with Crippen LogP contribution in [-0.2, 0) is 18.4 Å². The number of unbranched alkanes of at least 4 members (excludes halogenated alkanes) is 28. The summed E-state index contributed by atoms with van der Waals surface area (Å²) in [6, 6.07) is -0.904. The maximum absolute atomic E-state index is 13.0. The number of hydrogen-bond acceptors (Lipinski definition) is 6. The van der Waals surface area contributed by atoms with E-state index in [2.05, 4.69) is 153 Å². The monoisotopic (exact) mass is 1210 g/mol. The van der Waals surface area contributed by atoms with Crippen molar-refractivity contribution in [1.82, 2.24) is 5.32 Å². The summed E-state index contributed by atoms with van der Waals surface area (Å²) >= 11 is 0. The minimum absolute atomic E-state index is 0.00986. The summed E-state index contributed by atoms with van der Waals surface area (Å²) in [5, 5.41) is 13.9. The lowest BCUT2D eigenvalue weighted by Gasteiger charge is -2.29. The van der Waals surface area contributed by atoms with E-state index in [1.807, 2.05) is 27.2 Å². The van der Waals surface area contributed by atoms with E-state index in [0.29, 0.717) is 17.4 Å². The second-order valence-electron chi connectivity index (χ2n) is 24.5. The molecule has 0 aliphatic rings. The molecule has 0 saturated heterocycles. The molecule has 8 nitrogen and oxygen atoms in total. The highest BCUT2D eigenvalue weighted by molar-refractivity contribution is 7.45. The number of carbonyl (C=O) groups excluding carboxylic acids is 1. The summed E-state index contributed by atoms with van der Waals surface area (Å²) < 4.78 is 23.4. The van der Waals surface area contributed by atoms with Gasteiger partial charge in [0.25, 0.3) is 7.82 Å². The van der Waals surface area contributed by atoms with Gasteiger partial charge in [-0.15, -0.1) is 0 Å². The van der Waals surface area contributed by atoms with Gasteiger partial charge in [0.2, 0.25) is 5.91 Å². The lowest BCUT2D eigenvalue weighted by molar-refractivity contribution is -0.870. The molecular formula is C77H133N2O6P. The Morgan fingerprint density at radius 1 is 0.419 bits per heavy atom. The third-order valence-corrected chi connectivity index (χ3v) is 16.0. The van der Waals surface area contributed by atoms with Crippen molar-refractivity contribution < 1.29 is 32.9 Å². The highest BCUT2D eigenvalue weighted by Gasteiger charge is 2.23. The van der Waals surface area contributed by atoms with Crippen molar-refractivity contribution in [1.29, 1.82) is 0 Å². The van der Waals surface area contributed by atoms with Crippen molar-refractivity contribution in [2.45, 2.75) is 296 Å². The fraction of sp³-hybridized carbons (Fsp3) is 0.675. The van der Waals surface area contributed by atoms with Gasteiger partial charge in [-0.05, 0) is 103 Å². The second kappa shape index (κ2) is 65.8. The number of aliphatic hydroxyl groups is 1. The predicted molar refractivity (Wildman–Crippen MR) is 375 cm³/mol. The van der Waals surface area contributed by atoms with Gasteiger partial charge >= 0.3 is 0 Å². The van der Waals surface area contributed by atoms with Crippen LogP contribution in [0.3, 0.4) is 0 Å². The summed E-state index contributed by atoms with van der Waals surface area (Å²) in [4.78, 5) is 25.6. The smallest absolute Gasteiger partial charge is 0.268 e. The van der Waals surface area contributed by atoms with Crippen LogP contribution in [0.4, 0.5) is 0 Å². The molecule has 0 aliphatic carbocycles. The molecule has 86 heavy (non-hydrogen) atoms. The first kappa shape index (κ1) is 82.4. The number of likely N-dealkylation sites (N-methyl/N-ethyl adjacent to an activating group) is 1. The molecule has 0 rings (SSSR count). The van der Waals surface area contributed by atoms with E-state index >= 15 is 0 Å². The molecule has 0 aliphatic heterocycles. The number of aliphatic hydroxyl groups excluding tert-OH is 1. The molecular weight excluding hydrogens is 1080 g/mol. The van der Waals surface area contributed by atoms with Gasteiger partial charge in [0.1, 0.15) is 13.2 Å². The summed E-state index contributed by atoms with van der Waals surface area (Å²) in [5.74, 6) is -0.212. The molecule has 0 fully saturated rings. The van der Waals surface area contributed by atoms with Crippen LogP contribution in [0.1, 0.15) is 284 Å². The maximum atomic E-state index is 13.0. The van der Waals surface area contributed by atoms with Crippen LogP contribution < -0.4 is 10.2 Å². The van der Waals surface area contributed by atoms with Gasteiger partial charge in [0, 0.05) is 6.42 Å². The molecule has 1 amide bonds. The number of carbonyl (C=O) groups is 1. The Hall–Kier alpha value is -3.62. The zero-order valence-electron chi connectivity index (χ0n) is 56.2. The summed E-state index contributed by atoms with van der Waals surface area (Å²) in [7, 11) is 1.24. The van der Waals surface area contributed by atoms with Crippen LogP contribution in [0.5, 0.6) is 0 Å². The summed E-state index contributed by atoms with van der Waals surface area (Å²) in [6.45, 7) is 4.54. The number of amides is 1. The minimum Gasteiger partial charge on any atom is -0.756 e. The van der Waals surface area contributed by atoms with Crippen molar-refractivity contribution >= 4 is 13.7 Å². The van der Waals surface area contributed by atoms with E-state index in [-0.39, 0.29) is 12.5 Å². The van der Waals surface area contributed by atoms with E-state index < -0.39 is 26.6 Å². The molecule has 0 heterocycles. The number of nitrogens with one attached hydrogen (secondary N) is 1. The van der Waals surface area contributed by atoms with E-state index in [1.165, 1.54) is 141 Å². The number of phosphoric ester groups is 1. The molecule has 0 bridgehead atoms. The molecule has 0 aromatic rings. The third-order valence-electron chi connectivity index (χ3n) is 15.1. The fourth-order valence-corrected chi connectivity index (χ4v) is 10.4. The van der Waals surface area contributed by atoms with Gasteiger partial charge in [-0.1, -0.05) is 320 Å². The molecule has 0 radical (unpaired) electrons. The Morgan fingerprint density at radius 3 is 1.03 bits per heavy atom. The van der Waals surface area contributed by atoms with Crippen LogP contribution >= 0.6 is 7.82 Å². The number of quaternary nitrogens is 1. The SMILES string of the molecule is CC/C=C\C/C=C\C/C=C\C/C=C\C/C=C\C/C=C\C/C=C\C/C=C\C/C=C\C/C=C\C/C=C\CCCCCCCCCC(=O)NC(COP(=O)([O-])OCC[N+](C)(C)C)C(O)/C=C/CCCCCCCCCCCCCCCCCCCCCCC. The Balaban J connectivity index is 4.16. The summed E-state index contributed by atoms with van der Waals surface area (Å²) in [5.41, 5.74) is 0. The van der Waals surface area contributed by atoms with Crippen molar-refractivity contribution in [3.05, 3.63) is 146 Å². The van der Waals surface area contributed by atoms with E-state index in [0.717, 1.165) is 122 Å². The van der Waals surface area contributed by atoms with E-state index in [1.54, 1.807) is 6.08 Å². The van der Waals surface area contributed by atoms with Gasteiger partial charge in [0.15, 0.2) is 0 Å². The van der Waals surface area contributed by atoms with Crippen LogP contribution in [0.2, 0.25) is 0 Å². The standard InChI is InChI=1S/C77H133N2O6P/c1-6-8-10-12-14-16-18-20-22-24-26-28-30-31-32-33-34-35-36-37-38-39-40-41-42-43-44-45-46-47-49-51-53-55-57-59-61-63-65-67-69-71-77(81)78-75(74-85-86(82,83)84-73-72-79(3,4)5)76(80)70-68-66-64-62-60-58-56-54-52-50-48-29-27-25-23-21-19-17-15-13-11-9-7-2/h8,10,14,16,20,22,26,28,31-32,34-35,37-38,40-41,43-44,46-47,51,53,68,70,75-76,80H,6-7,9,11-13,15,17-19,21,23-25,27,29-30,33,36,39,42,45,48-50,52,54-67,69,71-74H2,1-5H3,(H-,78,81,82,83)/b10-8-,16-14-,22-20-,28-26-,32-31-,35-34-,38-37-,41-40-,44-43-,47-46-,53-51-,70-68+. The predicted octanol–water partition coefficient (Wildman–Crippen LogP) is 22.1. The number of rotatable bonds is 63. The molecule has 0 aromatic carbocycles. The number of phosphoric acid groups is 1. The number of hydrogen-bond donors (Lipinski definition) is 2. The fourth-order valence-electron chi connectivity index (χ4n) is 9.63. The number of allylic oxidation sites excluding steroid dienone is 23. The highest BCUT2D eigenvalue weighted by atomic mass is 31.2. The Labute approximate surface area is 531 Å². The Kier molecular flexibility index (Phi) is 63.0. The van der Waals surface area contributed by atoms with Gasteiger partial charge in [-0.25, -0.2) is 0 Å². The average molecular weight is 1210 g/mol. The maximum Gasteiger partial charge on any atom is 0.268 e. The minimum atomic E-state index is -4.62. The highest BCUT2D eigenvalue weighted by Crippen LogP contribution is 2.38. The molecule has 492 valence electrons. The van der Waals surface area contributed by atoms with Crippen molar-refractivity contribution in [2.24, 2.45) is 0 Å². The first-order valence-corrected chi connectivity index (χ1v) is 36.7. The Morgan fingerprint density at radius 2 is 0.709 bits per heavy atom. The van der Waals surface area contributed by atoms with Crippen molar-refractivity contribution in [3.8, 4) is 0 Å². The Bertz CT molecular complexity index is 1910. The van der Waals surface area contributed by atoms with Crippen LogP contribution in [0, 0.1) is 0 Å². The van der Waals surface area contributed by atoms with Gasteiger partial charge in [-0.3, -0.25) is 9.36 Å². The zero-order valence-corrected chi connectivity index (χ0v) is 57.1. The molecule has 3 atom stereocenters. The molecule has 3 unspecified atom stereocenters. The molecule has 0 saturated carbocycles. The lowest BCUT2D eigenvalue weighted by atomic mass is 10.0. The molecule has 0 spiro atoms. The van der Waals surface area contributed by atoms with Gasteiger partial charge in [0.05, 0.1) is 39.9 Å². The average Bonchev–Trinajstić information content (AvgIpc) is 3.70. The zero-order chi connectivity index (χ0) is 62.6.